The number of carbonyl (C=O) groups excluding carboxylic acids is 3. The van der Waals surface area contributed by atoms with Crippen molar-refractivity contribution in [2.24, 2.45) is 0 Å². The molecule has 3 N–H and O–H groups in total. The van der Waals surface area contributed by atoms with Gasteiger partial charge in [-0.15, -0.1) is 0 Å². The van der Waals surface area contributed by atoms with Gasteiger partial charge in [-0.2, -0.15) is 0 Å². The average molecular weight is 511 g/mol. The number of aldehydes is 3. The largest absolute Gasteiger partial charge is 0.507 e. The van der Waals surface area contributed by atoms with Gasteiger partial charge in [-0.05, 0) is 36.4 Å². The van der Waals surface area contributed by atoms with Gasteiger partial charge in [0.25, 0.3) is 0 Å². The number of hydrogen-bond donors (Lipinski definition) is 3. The molecular weight excluding hydrogens is 492 g/mol. The Balaban J connectivity index is 0.000000384. The van der Waals surface area contributed by atoms with E-state index in [-0.39, 0.29) is 58.1 Å². The minimum atomic E-state index is 0. The van der Waals surface area contributed by atoms with Crippen LogP contribution in [0.3, 0.4) is 0 Å². The number of para-hydroxylation sites is 3. The van der Waals surface area contributed by atoms with Crippen LogP contribution in [0.25, 0.3) is 0 Å². The zero-order chi connectivity index (χ0) is 20.1. The van der Waals surface area contributed by atoms with Gasteiger partial charge in [-0.3, -0.25) is 14.4 Å². The predicted octanol–water partition coefficient (Wildman–Crippen LogP) is 3.61. The molecule has 7 heteroatoms. The molecule has 3 aromatic rings. The molecule has 0 saturated carbocycles. The SMILES string of the molecule is O=Cc1ccccc1O.O=Cc1ccccc1O.O=Cc1ccccc1O.[Nd]. The van der Waals surface area contributed by atoms with Gasteiger partial charge in [-0.1, -0.05) is 36.4 Å². The molecule has 0 aliphatic rings. The number of aromatic hydroxyl groups is 3. The quantitative estimate of drug-likeness (QED) is 0.464. The first-order valence-electron chi connectivity index (χ1n) is 7.73. The van der Waals surface area contributed by atoms with Crippen molar-refractivity contribution in [1.29, 1.82) is 0 Å². The summed E-state index contributed by atoms with van der Waals surface area (Å²) in [6, 6.07) is 19.2. The molecule has 0 fully saturated rings. The van der Waals surface area contributed by atoms with E-state index in [1.807, 2.05) is 0 Å². The molecule has 0 unspecified atom stereocenters. The van der Waals surface area contributed by atoms with Crippen LogP contribution in [0.15, 0.2) is 72.8 Å². The van der Waals surface area contributed by atoms with Crippen LogP contribution in [0.4, 0.5) is 0 Å². The van der Waals surface area contributed by atoms with Crippen LogP contribution in [-0.2, 0) is 0 Å². The van der Waals surface area contributed by atoms with Crippen LogP contribution in [0.1, 0.15) is 31.1 Å². The van der Waals surface area contributed by atoms with Crippen molar-refractivity contribution in [3.05, 3.63) is 89.5 Å². The molecule has 0 spiro atoms. The van der Waals surface area contributed by atoms with Gasteiger partial charge in [0.1, 0.15) is 17.2 Å². The van der Waals surface area contributed by atoms with Crippen molar-refractivity contribution in [2.45, 2.75) is 0 Å². The number of benzene rings is 3. The van der Waals surface area contributed by atoms with Gasteiger partial charge < -0.3 is 15.3 Å². The summed E-state index contributed by atoms with van der Waals surface area (Å²) in [5, 5.41) is 26.6. The third kappa shape index (κ3) is 8.88. The first kappa shape index (κ1) is 25.4. The maximum Gasteiger partial charge on any atom is 0.153 e. The molecule has 3 aromatic carbocycles. The van der Waals surface area contributed by atoms with E-state index in [0.717, 1.165) is 0 Å². The zero-order valence-corrected chi connectivity index (χ0v) is 17.9. The third-order valence-electron chi connectivity index (χ3n) is 3.19. The van der Waals surface area contributed by atoms with Crippen LogP contribution in [0.2, 0.25) is 0 Å². The molecule has 0 amide bonds. The minimum Gasteiger partial charge on any atom is -0.507 e. The van der Waals surface area contributed by atoms with Crippen LogP contribution in [-0.4, -0.2) is 34.2 Å². The van der Waals surface area contributed by atoms with Gasteiger partial charge in [0.05, 0.1) is 16.7 Å². The predicted molar refractivity (Wildman–Crippen MR) is 100 cm³/mol. The number of phenols is 3. The van der Waals surface area contributed by atoms with Gasteiger partial charge in [0.2, 0.25) is 0 Å². The van der Waals surface area contributed by atoms with E-state index in [2.05, 4.69) is 0 Å². The number of carbonyl (C=O) groups is 3. The maximum atomic E-state index is 10.1. The van der Waals surface area contributed by atoms with E-state index in [1.165, 1.54) is 18.2 Å². The molecule has 3 rings (SSSR count). The second-order valence-corrected chi connectivity index (χ2v) is 5.03. The molecule has 0 atom stereocenters. The van der Waals surface area contributed by atoms with Gasteiger partial charge in [-0.25, -0.2) is 0 Å². The van der Waals surface area contributed by atoms with Crippen molar-refractivity contribution >= 4 is 18.9 Å². The van der Waals surface area contributed by atoms with Crippen molar-refractivity contribution in [2.75, 3.05) is 0 Å². The third-order valence-corrected chi connectivity index (χ3v) is 3.19. The molecular formula is C21H18NdO6. The first-order valence-corrected chi connectivity index (χ1v) is 7.73. The van der Waals surface area contributed by atoms with Crippen LogP contribution in [0.5, 0.6) is 17.2 Å². The van der Waals surface area contributed by atoms with Crippen LogP contribution < -0.4 is 0 Å². The molecule has 0 aromatic heterocycles. The second kappa shape index (κ2) is 14.5. The van der Waals surface area contributed by atoms with E-state index >= 15 is 0 Å². The Bertz CT molecular complexity index is 778. The fourth-order valence-corrected chi connectivity index (χ4v) is 1.76. The molecule has 0 bridgehead atoms. The Kier molecular flexibility index (Phi) is 13.1. The molecule has 0 saturated heterocycles. The van der Waals surface area contributed by atoms with Crippen molar-refractivity contribution in [1.82, 2.24) is 0 Å². The fraction of sp³-hybridized carbons (Fsp3) is 0. The molecule has 0 radical (unpaired) electrons. The molecule has 0 aliphatic heterocycles. The Morgan fingerprint density at radius 1 is 0.464 bits per heavy atom. The molecule has 142 valence electrons. The summed E-state index contributed by atoms with van der Waals surface area (Å²) in [6.07, 6.45) is 1.86. The summed E-state index contributed by atoms with van der Waals surface area (Å²) in [5.74, 6) is 0.104. The van der Waals surface area contributed by atoms with Crippen molar-refractivity contribution in [3.63, 3.8) is 0 Å². The topological polar surface area (TPSA) is 112 Å². The Hall–Kier alpha value is -2.58. The zero-order valence-electron chi connectivity index (χ0n) is 14.7. The normalized spacial score (nSPS) is 8.57. The standard InChI is InChI=1S/3C7H6O2.Nd/c3*8-5-6-3-1-2-4-7(6)9;/h3*1-5,9H;. The van der Waals surface area contributed by atoms with E-state index in [0.29, 0.717) is 35.5 Å². The minimum absolute atomic E-state index is 0. The maximum absolute atomic E-state index is 10.1. The van der Waals surface area contributed by atoms with Gasteiger partial charge >= 0.3 is 0 Å². The number of rotatable bonds is 3. The summed E-state index contributed by atoms with van der Waals surface area (Å²) < 4.78 is 0. The smallest absolute Gasteiger partial charge is 0.153 e. The van der Waals surface area contributed by atoms with Gasteiger partial charge in [0.15, 0.2) is 18.9 Å². The molecule has 0 heterocycles. The van der Waals surface area contributed by atoms with E-state index in [9.17, 15) is 14.4 Å². The average Bonchev–Trinajstić information content (AvgIpc) is 2.70. The summed E-state index contributed by atoms with van der Waals surface area (Å²) in [6.45, 7) is 0. The second-order valence-electron chi connectivity index (χ2n) is 5.03. The van der Waals surface area contributed by atoms with Crippen LogP contribution >= 0.6 is 0 Å². The van der Waals surface area contributed by atoms with Gasteiger partial charge in [0, 0.05) is 40.8 Å². The van der Waals surface area contributed by atoms with E-state index in [1.54, 1.807) is 54.6 Å². The van der Waals surface area contributed by atoms with Crippen LogP contribution in [0, 0.1) is 40.8 Å². The monoisotopic (exact) mass is 508 g/mol. The van der Waals surface area contributed by atoms with E-state index < -0.39 is 0 Å². The molecule has 28 heavy (non-hydrogen) atoms. The summed E-state index contributed by atoms with van der Waals surface area (Å²) >= 11 is 0. The van der Waals surface area contributed by atoms with Crippen molar-refractivity contribution < 1.29 is 70.5 Å². The first-order chi connectivity index (χ1) is 13.0. The fourth-order valence-electron chi connectivity index (χ4n) is 1.76. The Morgan fingerprint density at radius 2 is 0.679 bits per heavy atom. The molecule has 6 nitrogen and oxygen atoms in total. The summed E-state index contributed by atoms with van der Waals surface area (Å²) in [7, 11) is 0. The number of hydrogen-bond acceptors (Lipinski definition) is 6. The number of phenolic OH excluding ortho intramolecular Hbond substituents is 3. The van der Waals surface area contributed by atoms with Crippen molar-refractivity contribution in [3.8, 4) is 17.2 Å². The summed E-state index contributed by atoms with van der Waals surface area (Å²) in [4.78, 5) is 30.2. The Labute approximate surface area is 195 Å². The Morgan fingerprint density at radius 3 is 0.821 bits per heavy atom. The molecule has 0 aliphatic carbocycles. The summed E-state index contributed by atoms with van der Waals surface area (Å²) in [5.41, 5.74) is 0.993. The van der Waals surface area contributed by atoms with E-state index in [4.69, 9.17) is 15.3 Å².